The van der Waals surface area contributed by atoms with Crippen molar-refractivity contribution in [3.63, 3.8) is 0 Å². The van der Waals surface area contributed by atoms with Gasteiger partial charge >= 0.3 is 0 Å². The first kappa shape index (κ1) is 10.8. The Labute approximate surface area is 105 Å². The van der Waals surface area contributed by atoms with Gasteiger partial charge in [0.2, 0.25) is 0 Å². The lowest BCUT2D eigenvalue weighted by Gasteiger charge is -2.66. The largest absolute Gasteiger partial charge is 0.120 e. The van der Waals surface area contributed by atoms with E-state index < -0.39 is 0 Å². The van der Waals surface area contributed by atoms with E-state index in [4.69, 9.17) is 19.3 Å². The Bertz CT molecular complexity index is 420. The third-order valence-corrected chi connectivity index (χ3v) is 5.24. The molecular formula is C17H18. The summed E-state index contributed by atoms with van der Waals surface area (Å²) in [6.45, 7) is 2.33. The van der Waals surface area contributed by atoms with Gasteiger partial charge in [-0.25, -0.2) is 0 Å². The molecule has 0 radical (unpaired) electrons. The molecule has 4 fully saturated rings. The van der Waals surface area contributed by atoms with Gasteiger partial charge in [-0.2, -0.15) is 0 Å². The fraction of sp³-hybridized carbons (Fsp3) is 0.647. The fourth-order valence-corrected chi connectivity index (χ4v) is 5.60. The molecule has 0 spiro atoms. The van der Waals surface area contributed by atoms with E-state index in [-0.39, 0.29) is 21.7 Å². The zero-order valence-electron chi connectivity index (χ0n) is 10.5. The summed E-state index contributed by atoms with van der Waals surface area (Å²) in [6.07, 6.45) is 23.8. The van der Waals surface area contributed by atoms with Gasteiger partial charge in [0.15, 0.2) is 0 Å². The highest BCUT2D eigenvalue weighted by atomic mass is 14.7. The molecule has 4 saturated carbocycles. The van der Waals surface area contributed by atoms with E-state index in [1.807, 2.05) is 0 Å². The predicted octanol–water partition coefficient (Wildman–Crippen LogP) is 3.23. The standard InChI is InChI=1S/C17H18/c1-5-15-8-14(4)9-16(6-2,11-15)13-17(7-3,10-14)12-15/h1-3H,8-13H2,4H3. The van der Waals surface area contributed by atoms with Gasteiger partial charge in [0.1, 0.15) is 0 Å². The van der Waals surface area contributed by atoms with Crippen molar-refractivity contribution in [2.75, 3.05) is 0 Å². The summed E-state index contributed by atoms with van der Waals surface area (Å²) in [5, 5.41) is 0. The summed E-state index contributed by atoms with van der Waals surface area (Å²) < 4.78 is 0. The van der Waals surface area contributed by atoms with Gasteiger partial charge in [-0.3, -0.25) is 0 Å². The molecule has 0 aromatic heterocycles. The minimum Gasteiger partial charge on any atom is -0.120 e. The van der Waals surface area contributed by atoms with Crippen molar-refractivity contribution < 1.29 is 0 Å². The molecule has 17 heavy (non-hydrogen) atoms. The molecule has 0 heteroatoms. The summed E-state index contributed by atoms with van der Waals surface area (Å²) in [5.74, 6) is 9.19. The molecule has 4 bridgehead atoms. The quantitative estimate of drug-likeness (QED) is 0.552. The molecule has 0 N–H and O–H groups in total. The van der Waals surface area contributed by atoms with Crippen LogP contribution < -0.4 is 0 Å². The third kappa shape index (κ3) is 1.24. The van der Waals surface area contributed by atoms with Gasteiger partial charge in [-0.05, 0) is 43.9 Å². The molecular weight excluding hydrogens is 204 g/mol. The van der Waals surface area contributed by atoms with E-state index in [1.165, 1.54) is 0 Å². The van der Waals surface area contributed by atoms with Crippen LogP contribution in [0.1, 0.15) is 45.4 Å². The summed E-state index contributed by atoms with van der Waals surface area (Å²) in [6, 6.07) is 0. The molecule has 86 valence electrons. The predicted molar refractivity (Wildman–Crippen MR) is 69.6 cm³/mol. The van der Waals surface area contributed by atoms with Crippen LogP contribution in [0.3, 0.4) is 0 Å². The SMILES string of the molecule is C#CC12CC3(C)CC(C#C)(C1)CC(C#C)(C3)C2. The zero-order chi connectivity index (χ0) is 12.4. The van der Waals surface area contributed by atoms with E-state index in [9.17, 15) is 0 Å². The molecule has 4 rings (SSSR count). The van der Waals surface area contributed by atoms with E-state index in [2.05, 4.69) is 24.7 Å². The second kappa shape index (κ2) is 2.74. The normalized spacial score (nSPS) is 54.7. The van der Waals surface area contributed by atoms with Crippen LogP contribution in [0.25, 0.3) is 0 Å². The smallest absolute Gasteiger partial charge is 0.0346 e. The topological polar surface area (TPSA) is 0 Å². The van der Waals surface area contributed by atoms with Crippen LogP contribution in [0.4, 0.5) is 0 Å². The van der Waals surface area contributed by atoms with Crippen molar-refractivity contribution in [3.05, 3.63) is 0 Å². The monoisotopic (exact) mass is 222 g/mol. The van der Waals surface area contributed by atoms with Crippen molar-refractivity contribution in [2.45, 2.75) is 45.4 Å². The highest BCUT2D eigenvalue weighted by Gasteiger charge is 2.65. The van der Waals surface area contributed by atoms with E-state index in [0.29, 0.717) is 0 Å². The van der Waals surface area contributed by atoms with Gasteiger partial charge < -0.3 is 0 Å². The van der Waals surface area contributed by atoms with Crippen LogP contribution in [0.2, 0.25) is 0 Å². The maximum absolute atomic E-state index is 5.83. The van der Waals surface area contributed by atoms with E-state index >= 15 is 0 Å². The second-order valence-corrected chi connectivity index (χ2v) is 7.15. The van der Waals surface area contributed by atoms with Gasteiger partial charge in [-0.1, -0.05) is 24.7 Å². The van der Waals surface area contributed by atoms with Crippen LogP contribution >= 0.6 is 0 Å². The maximum atomic E-state index is 5.83. The first-order valence-electron chi connectivity index (χ1n) is 6.36. The summed E-state index contributed by atoms with van der Waals surface area (Å²) in [7, 11) is 0. The Kier molecular flexibility index (Phi) is 1.74. The summed E-state index contributed by atoms with van der Waals surface area (Å²) in [4.78, 5) is 0. The molecule has 0 aliphatic heterocycles. The number of hydrogen-bond donors (Lipinski definition) is 0. The summed E-state index contributed by atoms with van der Waals surface area (Å²) >= 11 is 0. The minimum atomic E-state index is -0.0256. The van der Waals surface area contributed by atoms with Crippen LogP contribution in [-0.2, 0) is 0 Å². The number of rotatable bonds is 0. The zero-order valence-corrected chi connectivity index (χ0v) is 10.5. The lowest BCUT2D eigenvalue weighted by molar-refractivity contribution is -0.130. The van der Waals surface area contributed by atoms with Crippen LogP contribution in [0.15, 0.2) is 0 Å². The van der Waals surface area contributed by atoms with Crippen molar-refractivity contribution >= 4 is 0 Å². The summed E-state index contributed by atoms with van der Waals surface area (Å²) in [5.41, 5.74) is 0.187. The van der Waals surface area contributed by atoms with Gasteiger partial charge in [0.25, 0.3) is 0 Å². The second-order valence-electron chi connectivity index (χ2n) is 7.15. The van der Waals surface area contributed by atoms with E-state index in [1.54, 1.807) is 0 Å². The van der Waals surface area contributed by atoms with Crippen molar-refractivity contribution in [3.8, 4) is 37.0 Å². The molecule has 0 nitrogen and oxygen atoms in total. The first-order valence-corrected chi connectivity index (χ1v) is 6.36. The molecule has 0 aromatic carbocycles. The third-order valence-electron chi connectivity index (χ3n) is 5.24. The van der Waals surface area contributed by atoms with Crippen molar-refractivity contribution in [1.82, 2.24) is 0 Å². The Balaban J connectivity index is 2.18. The van der Waals surface area contributed by atoms with E-state index in [0.717, 1.165) is 38.5 Å². The Morgan fingerprint density at radius 1 is 0.647 bits per heavy atom. The molecule has 0 amide bonds. The van der Waals surface area contributed by atoms with Gasteiger partial charge in [0, 0.05) is 16.2 Å². The van der Waals surface area contributed by atoms with Crippen molar-refractivity contribution in [2.24, 2.45) is 21.7 Å². The first-order chi connectivity index (χ1) is 7.92. The number of hydrogen-bond acceptors (Lipinski definition) is 0. The average molecular weight is 222 g/mol. The van der Waals surface area contributed by atoms with Gasteiger partial charge in [0.05, 0.1) is 0 Å². The van der Waals surface area contributed by atoms with Gasteiger partial charge in [-0.15, -0.1) is 19.3 Å². The van der Waals surface area contributed by atoms with Crippen molar-refractivity contribution in [1.29, 1.82) is 0 Å². The maximum Gasteiger partial charge on any atom is 0.0346 e. The molecule has 4 aliphatic rings. The lowest BCUT2D eigenvalue weighted by Crippen LogP contribution is -2.59. The highest BCUT2D eigenvalue weighted by molar-refractivity contribution is 5.32. The Morgan fingerprint density at radius 2 is 0.941 bits per heavy atom. The number of terminal acetylenes is 3. The van der Waals surface area contributed by atoms with Crippen LogP contribution in [0.5, 0.6) is 0 Å². The van der Waals surface area contributed by atoms with Crippen LogP contribution in [0, 0.1) is 58.7 Å². The molecule has 0 unspecified atom stereocenters. The lowest BCUT2D eigenvalue weighted by atomic mass is 9.36. The molecule has 0 aromatic rings. The molecule has 4 aliphatic carbocycles. The molecule has 0 heterocycles. The van der Waals surface area contributed by atoms with Crippen LogP contribution in [-0.4, -0.2) is 0 Å². The molecule has 0 saturated heterocycles. The Hall–Kier alpha value is -1.32. The minimum absolute atomic E-state index is 0.0256. The fourth-order valence-electron chi connectivity index (χ4n) is 5.60. The highest BCUT2D eigenvalue weighted by Crippen LogP contribution is 2.73. The Morgan fingerprint density at radius 3 is 1.18 bits per heavy atom. The average Bonchev–Trinajstić information content (AvgIpc) is 2.26. The molecule has 0 atom stereocenters.